The maximum Gasteiger partial charge on any atom is 0.253 e. The number of carbonyl (C=O) groups excluding carboxylic acids is 1. The van der Waals surface area contributed by atoms with Crippen molar-refractivity contribution in [3.8, 4) is 11.1 Å². The normalized spacial score (nSPS) is 17.5. The van der Waals surface area contributed by atoms with E-state index in [1.54, 1.807) is 19.0 Å². The Hall–Kier alpha value is -2.17. The second-order valence-electron chi connectivity index (χ2n) is 5.71. The van der Waals surface area contributed by atoms with Crippen molar-refractivity contribution in [3.63, 3.8) is 0 Å². The summed E-state index contributed by atoms with van der Waals surface area (Å²) in [5.74, 6) is 0.0175. The topological polar surface area (TPSA) is 41.6 Å². The van der Waals surface area contributed by atoms with Crippen LogP contribution in [0.4, 0.5) is 0 Å². The van der Waals surface area contributed by atoms with Crippen LogP contribution < -0.4 is 5.48 Å². The molecule has 0 spiro atoms. The van der Waals surface area contributed by atoms with Gasteiger partial charge < -0.3 is 9.74 Å². The van der Waals surface area contributed by atoms with Crippen LogP contribution in [0.5, 0.6) is 0 Å². The molecule has 3 rings (SSSR count). The molecule has 2 aromatic rings. The first kappa shape index (κ1) is 14.8. The summed E-state index contributed by atoms with van der Waals surface area (Å²) in [6.45, 7) is 0.738. The fourth-order valence-electron chi connectivity index (χ4n) is 2.65. The average molecular weight is 296 g/mol. The third-order valence-electron chi connectivity index (χ3n) is 3.87. The Morgan fingerprint density at radius 2 is 1.86 bits per heavy atom. The summed E-state index contributed by atoms with van der Waals surface area (Å²) >= 11 is 0. The van der Waals surface area contributed by atoms with Crippen molar-refractivity contribution >= 4 is 5.91 Å². The Kier molecular flexibility index (Phi) is 4.22. The lowest BCUT2D eigenvalue weighted by Crippen LogP contribution is -2.21. The second kappa shape index (κ2) is 6.30. The average Bonchev–Trinajstić information content (AvgIpc) is 3.09. The summed E-state index contributed by atoms with van der Waals surface area (Å²) in [4.78, 5) is 18.9. The number of hydroxylamine groups is 1. The van der Waals surface area contributed by atoms with Gasteiger partial charge in [0, 0.05) is 19.7 Å². The van der Waals surface area contributed by atoms with Crippen molar-refractivity contribution in [1.82, 2.24) is 10.4 Å². The lowest BCUT2D eigenvalue weighted by molar-refractivity contribution is 0.0827. The summed E-state index contributed by atoms with van der Waals surface area (Å²) < 4.78 is 0. The second-order valence-corrected chi connectivity index (χ2v) is 5.71. The highest BCUT2D eigenvalue weighted by molar-refractivity contribution is 5.95. The van der Waals surface area contributed by atoms with E-state index in [1.165, 1.54) is 5.56 Å². The van der Waals surface area contributed by atoms with E-state index in [4.69, 9.17) is 4.84 Å². The third-order valence-corrected chi connectivity index (χ3v) is 3.87. The maximum absolute atomic E-state index is 12.1. The zero-order valence-electron chi connectivity index (χ0n) is 12.9. The Balaban J connectivity index is 1.92. The van der Waals surface area contributed by atoms with Gasteiger partial charge >= 0.3 is 0 Å². The summed E-state index contributed by atoms with van der Waals surface area (Å²) in [7, 11) is 3.53. The van der Waals surface area contributed by atoms with Crippen LogP contribution in [0.1, 0.15) is 28.4 Å². The lowest BCUT2D eigenvalue weighted by Gasteiger charge is -2.13. The van der Waals surface area contributed by atoms with Crippen LogP contribution in [0.25, 0.3) is 11.1 Å². The zero-order valence-corrected chi connectivity index (χ0v) is 12.9. The Bertz CT molecular complexity index is 676. The van der Waals surface area contributed by atoms with E-state index in [1.807, 2.05) is 30.3 Å². The predicted molar refractivity (Wildman–Crippen MR) is 86.3 cm³/mol. The van der Waals surface area contributed by atoms with Gasteiger partial charge in [-0.25, -0.2) is 0 Å². The number of nitrogens with one attached hydrogen (secondary N) is 1. The Labute approximate surface area is 130 Å². The van der Waals surface area contributed by atoms with E-state index >= 15 is 0 Å². The first-order valence-corrected chi connectivity index (χ1v) is 7.44. The number of hydrogen-bond donors (Lipinski definition) is 1. The molecule has 2 aromatic carbocycles. The quantitative estimate of drug-likeness (QED) is 0.946. The summed E-state index contributed by atoms with van der Waals surface area (Å²) in [5, 5.41) is 0. The standard InChI is InChI=1S/C18H20N2O2/c1-20(2)18(21)16-8-4-6-14(12-16)13-5-3-7-15(11-13)17-9-10-22-19-17/h3-8,11-12,17,19H,9-10H2,1-2H3. The molecule has 114 valence electrons. The van der Waals surface area contributed by atoms with Crippen molar-refractivity contribution in [2.24, 2.45) is 0 Å². The fraction of sp³-hybridized carbons (Fsp3) is 0.278. The molecule has 1 aliphatic rings. The molecule has 0 aromatic heterocycles. The van der Waals surface area contributed by atoms with E-state index in [0.29, 0.717) is 5.56 Å². The SMILES string of the molecule is CN(C)C(=O)c1cccc(-c2cccc(C3CCON3)c2)c1. The molecule has 4 nitrogen and oxygen atoms in total. The third kappa shape index (κ3) is 3.03. The molecule has 22 heavy (non-hydrogen) atoms. The van der Waals surface area contributed by atoms with Gasteiger partial charge in [-0.3, -0.25) is 4.79 Å². The van der Waals surface area contributed by atoms with Gasteiger partial charge in [0.2, 0.25) is 0 Å². The monoisotopic (exact) mass is 296 g/mol. The highest BCUT2D eigenvalue weighted by Crippen LogP contribution is 2.27. The highest BCUT2D eigenvalue weighted by Gasteiger charge is 2.17. The Morgan fingerprint density at radius 1 is 1.14 bits per heavy atom. The molecular weight excluding hydrogens is 276 g/mol. The van der Waals surface area contributed by atoms with Crippen LogP contribution in [0, 0.1) is 0 Å². The summed E-state index contributed by atoms with van der Waals surface area (Å²) in [5.41, 5.74) is 7.11. The van der Waals surface area contributed by atoms with Crippen LogP contribution in [0.3, 0.4) is 0 Å². The molecule has 1 N–H and O–H groups in total. The van der Waals surface area contributed by atoms with Crippen LogP contribution in [-0.2, 0) is 4.84 Å². The van der Waals surface area contributed by atoms with Crippen LogP contribution in [0.15, 0.2) is 48.5 Å². The van der Waals surface area contributed by atoms with Gasteiger partial charge in [0.15, 0.2) is 0 Å². The first-order valence-electron chi connectivity index (χ1n) is 7.44. The molecule has 0 bridgehead atoms. The van der Waals surface area contributed by atoms with E-state index in [0.717, 1.165) is 24.2 Å². The van der Waals surface area contributed by atoms with Crippen molar-refractivity contribution in [2.75, 3.05) is 20.7 Å². The summed E-state index contributed by atoms with van der Waals surface area (Å²) in [6.07, 6.45) is 0.975. The molecular formula is C18H20N2O2. The first-order chi connectivity index (χ1) is 10.6. The molecule has 1 heterocycles. The van der Waals surface area contributed by atoms with Crippen molar-refractivity contribution in [3.05, 3.63) is 59.7 Å². The van der Waals surface area contributed by atoms with Crippen molar-refractivity contribution in [2.45, 2.75) is 12.5 Å². The molecule has 4 heteroatoms. The summed E-state index contributed by atoms with van der Waals surface area (Å²) in [6, 6.07) is 16.4. The smallest absolute Gasteiger partial charge is 0.253 e. The number of rotatable bonds is 3. The van der Waals surface area contributed by atoms with Gasteiger partial charge in [-0.05, 0) is 41.3 Å². The molecule has 0 saturated carbocycles. The van der Waals surface area contributed by atoms with Crippen LogP contribution >= 0.6 is 0 Å². The number of benzene rings is 2. The van der Waals surface area contributed by atoms with Gasteiger partial charge in [0.05, 0.1) is 12.6 Å². The number of carbonyl (C=O) groups is 1. The molecule has 1 atom stereocenters. The molecule has 1 fully saturated rings. The molecule has 1 amide bonds. The highest BCUT2D eigenvalue weighted by atomic mass is 16.7. The van der Waals surface area contributed by atoms with Crippen LogP contribution in [-0.4, -0.2) is 31.5 Å². The molecule has 1 aliphatic heterocycles. The van der Waals surface area contributed by atoms with Gasteiger partial charge in [-0.1, -0.05) is 30.3 Å². The molecule has 0 aliphatic carbocycles. The van der Waals surface area contributed by atoms with Gasteiger partial charge in [0.1, 0.15) is 0 Å². The van der Waals surface area contributed by atoms with E-state index in [2.05, 4.69) is 23.7 Å². The van der Waals surface area contributed by atoms with Gasteiger partial charge in [-0.2, -0.15) is 5.48 Å². The minimum absolute atomic E-state index is 0.0175. The minimum atomic E-state index is 0.0175. The van der Waals surface area contributed by atoms with Gasteiger partial charge in [-0.15, -0.1) is 0 Å². The number of hydrogen-bond acceptors (Lipinski definition) is 3. The predicted octanol–water partition coefficient (Wildman–Crippen LogP) is 3.02. The molecule has 1 unspecified atom stereocenters. The van der Waals surface area contributed by atoms with Crippen molar-refractivity contribution in [1.29, 1.82) is 0 Å². The van der Waals surface area contributed by atoms with E-state index in [9.17, 15) is 4.79 Å². The zero-order chi connectivity index (χ0) is 15.5. The van der Waals surface area contributed by atoms with E-state index in [-0.39, 0.29) is 11.9 Å². The van der Waals surface area contributed by atoms with Gasteiger partial charge in [0.25, 0.3) is 5.91 Å². The van der Waals surface area contributed by atoms with Crippen LogP contribution in [0.2, 0.25) is 0 Å². The Morgan fingerprint density at radius 3 is 2.55 bits per heavy atom. The number of amides is 1. The lowest BCUT2D eigenvalue weighted by atomic mass is 9.97. The number of nitrogens with zero attached hydrogens (tertiary/aromatic N) is 1. The molecule has 1 saturated heterocycles. The van der Waals surface area contributed by atoms with E-state index < -0.39 is 0 Å². The minimum Gasteiger partial charge on any atom is -0.345 e. The fourth-order valence-corrected chi connectivity index (χ4v) is 2.65. The van der Waals surface area contributed by atoms with Crippen molar-refractivity contribution < 1.29 is 9.63 Å². The maximum atomic E-state index is 12.1. The molecule has 0 radical (unpaired) electrons. The largest absolute Gasteiger partial charge is 0.345 e.